The number of nitrogens with two attached hydrogens (primary N) is 1. The van der Waals surface area contributed by atoms with E-state index in [1.807, 2.05) is 6.92 Å². The number of halogens is 1. The monoisotopic (exact) mass is 322 g/mol. The predicted octanol–water partition coefficient (Wildman–Crippen LogP) is 4.45. The Morgan fingerprint density at radius 3 is 2.54 bits per heavy atom. The van der Waals surface area contributed by atoms with Gasteiger partial charge in [-0.25, -0.2) is 4.39 Å². The third kappa shape index (κ3) is 2.43. The van der Waals surface area contributed by atoms with Crippen molar-refractivity contribution in [2.24, 2.45) is 5.73 Å². The highest BCUT2D eigenvalue weighted by molar-refractivity contribution is 5.82. The summed E-state index contributed by atoms with van der Waals surface area (Å²) in [5, 5.41) is 4.20. The summed E-state index contributed by atoms with van der Waals surface area (Å²) in [5.74, 6) is 0.491. The molecule has 0 bridgehead atoms. The summed E-state index contributed by atoms with van der Waals surface area (Å²) in [4.78, 5) is 0. The molecule has 2 N–H and O–H groups in total. The van der Waals surface area contributed by atoms with Gasteiger partial charge in [0.1, 0.15) is 17.3 Å². The minimum absolute atomic E-state index is 0.136. The van der Waals surface area contributed by atoms with Gasteiger partial charge in [0, 0.05) is 17.5 Å². The molecule has 3 aromatic rings. The lowest BCUT2D eigenvalue weighted by Gasteiger charge is -2.14. The number of aryl methyl sites for hydroxylation is 1. The van der Waals surface area contributed by atoms with Crippen molar-refractivity contribution in [3.8, 4) is 22.4 Å². The molecule has 1 heterocycles. The predicted molar refractivity (Wildman–Crippen MR) is 92.0 cm³/mol. The van der Waals surface area contributed by atoms with Crippen molar-refractivity contribution in [3.63, 3.8) is 0 Å². The van der Waals surface area contributed by atoms with E-state index in [4.69, 9.17) is 10.3 Å². The lowest BCUT2D eigenvalue weighted by atomic mass is 9.91. The summed E-state index contributed by atoms with van der Waals surface area (Å²) in [6, 6.07) is 14.8. The van der Waals surface area contributed by atoms with Crippen LogP contribution in [0.4, 0.5) is 4.39 Å². The number of nitrogens with zero attached hydrogens (tertiary/aromatic N) is 1. The molecular formula is C20H19FN2O. The van der Waals surface area contributed by atoms with Crippen LogP contribution < -0.4 is 5.73 Å². The number of hydrogen-bond donors (Lipinski definition) is 1. The Bertz CT molecular complexity index is 879. The molecule has 4 heteroatoms. The third-order valence-electron chi connectivity index (χ3n) is 4.99. The van der Waals surface area contributed by atoms with Gasteiger partial charge in [-0.1, -0.05) is 29.4 Å². The van der Waals surface area contributed by atoms with Gasteiger partial charge in [0.05, 0.1) is 5.56 Å². The Morgan fingerprint density at radius 1 is 1.12 bits per heavy atom. The average molecular weight is 322 g/mol. The van der Waals surface area contributed by atoms with Crippen molar-refractivity contribution >= 4 is 0 Å². The zero-order valence-electron chi connectivity index (χ0n) is 13.6. The zero-order valence-corrected chi connectivity index (χ0v) is 13.6. The van der Waals surface area contributed by atoms with Crippen molar-refractivity contribution in [2.45, 2.75) is 25.2 Å². The van der Waals surface area contributed by atoms with Crippen molar-refractivity contribution in [1.82, 2.24) is 5.16 Å². The fraction of sp³-hybridized carbons (Fsp3) is 0.250. The molecule has 0 radical (unpaired) electrons. The van der Waals surface area contributed by atoms with Gasteiger partial charge >= 0.3 is 0 Å². The fourth-order valence-electron chi connectivity index (χ4n) is 3.28. The van der Waals surface area contributed by atoms with Crippen LogP contribution in [0.15, 0.2) is 53.1 Å². The van der Waals surface area contributed by atoms with E-state index in [9.17, 15) is 4.39 Å². The minimum Gasteiger partial charge on any atom is -0.360 e. The van der Waals surface area contributed by atoms with Gasteiger partial charge in [0.25, 0.3) is 0 Å². The average Bonchev–Trinajstić information content (AvgIpc) is 3.32. The van der Waals surface area contributed by atoms with E-state index in [2.05, 4.69) is 29.4 Å². The second kappa shape index (κ2) is 5.56. The molecule has 0 amide bonds. The number of rotatable bonds is 4. The second-order valence-corrected chi connectivity index (χ2v) is 6.53. The van der Waals surface area contributed by atoms with Crippen LogP contribution in [0, 0.1) is 12.7 Å². The van der Waals surface area contributed by atoms with Crippen molar-refractivity contribution in [2.75, 3.05) is 6.54 Å². The molecule has 1 saturated carbocycles. The second-order valence-electron chi connectivity index (χ2n) is 6.53. The lowest BCUT2D eigenvalue weighted by Crippen LogP contribution is -2.19. The largest absolute Gasteiger partial charge is 0.360 e. The van der Waals surface area contributed by atoms with E-state index in [1.165, 1.54) is 17.7 Å². The molecule has 0 atom stereocenters. The summed E-state index contributed by atoms with van der Waals surface area (Å²) in [7, 11) is 0. The third-order valence-corrected chi connectivity index (χ3v) is 4.99. The Balaban J connectivity index is 1.82. The van der Waals surface area contributed by atoms with E-state index in [0.29, 0.717) is 6.54 Å². The van der Waals surface area contributed by atoms with Crippen molar-refractivity contribution in [1.29, 1.82) is 0 Å². The van der Waals surface area contributed by atoms with E-state index in [0.717, 1.165) is 41.0 Å². The molecule has 0 spiro atoms. The van der Waals surface area contributed by atoms with Crippen LogP contribution in [-0.2, 0) is 5.41 Å². The van der Waals surface area contributed by atoms with E-state index in [-0.39, 0.29) is 11.2 Å². The maximum absolute atomic E-state index is 13.2. The molecule has 1 aliphatic carbocycles. The molecule has 1 aromatic heterocycles. The molecular weight excluding hydrogens is 303 g/mol. The van der Waals surface area contributed by atoms with Gasteiger partial charge < -0.3 is 10.3 Å². The molecule has 24 heavy (non-hydrogen) atoms. The maximum Gasteiger partial charge on any atom is 0.142 e. The molecule has 0 unspecified atom stereocenters. The summed E-state index contributed by atoms with van der Waals surface area (Å²) >= 11 is 0. The first-order valence-corrected chi connectivity index (χ1v) is 8.16. The molecule has 0 aliphatic heterocycles. The topological polar surface area (TPSA) is 52.0 Å². The van der Waals surface area contributed by atoms with Gasteiger partial charge in [0.15, 0.2) is 0 Å². The van der Waals surface area contributed by atoms with Gasteiger partial charge in [-0.05, 0) is 55.2 Å². The molecule has 122 valence electrons. The highest BCUT2D eigenvalue weighted by Crippen LogP contribution is 2.48. The zero-order chi connectivity index (χ0) is 16.7. The van der Waals surface area contributed by atoms with Gasteiger partial charge in [-0.15, -0.1) is 0 Å². The highest BCUT2D eigenvalue weighted by Gasteiger charge is 2.42. The Kier molecular flexibility index (Phi) is 3.50. The highest BCUT2D eigenvalue weighted by atomic mass is 19.1. The normalized spacial score (nSPS) is 15.5. The first-order valence-electron chi connectivity index (χ1n) is 8.16. The molecule has 1 aliphatic rings. The van der Waals surface area contributed by atoms with Crippen LogP contribution in [0.2, 0.25) is 0 Å². The molecule has 1 fully saturated rings. The molecule has 0 saturated heterocycles. The van der Waals surface area contributed by atoms with Crippen LogP contribution in [0.3, 0.4) is 0 Å². The summed E-state index contributed by atoms with van der Waals surface area (Å²) in [5.41, 5.74) is 11.0. The van der Waals surface area contributed by atoms with Gasteiger partial charge in [-0.2, -0.15) is 0 Å². The van der Waals surface area contributed by atoms with Crippen molar-refractivity contribution < 1.29 is 8.91 Å². The quantitative estimate of drug-likeness (QED) is 0.772. The van der Waals surface area contributed by atoms with E-state index in [1.54, 1.807) is 12.1 Å². The van der Waals surface area contributed by atoms with Gasteiger partial charge in [0.2, 0.25) is 0 Å². The summed E-state index contributed by atoms with van der Waals surface area (Å²) in [6.45, 7) is 2.57. The number of hydrogen-bond acceptors (Lipinski definition) is 3. The molecule has 2 aromatic carbocycles. The summed E-state index contributed by atoms with van der Waals surface area (Å²) in [6.07, 6.45) is 2.28. The van der Waals surface area contributed by atoms with E-state index < -0.39 is 0 Å². The van der Waals surface area contributed by atoms with Gasteiger partial charge in [-0.3, -0.25) is 0 Å². The molecule has 3 nitrogen and oxygen atoms in total. The molecule has 4 rings (SSSR count). The standard InChI is InChI=1S/C20H19FN2O/c1-13-18(19(23-24-13)14-5-7-17(21)8-6-14)15-3-2-4-16(11-15)20(12-22)9-10-20/h2-8,11H,9-10,12,22H2,1H3. The number of benzene rings is 2. The van der Waals surface area contributed by atoms with Crippen LogP contribution >= 0.6 is 0 Å². The Morgan fingerprint density at radius 2 is 1.88 bits per heavy atom. The van der Waals surface area contributed by atoms with Crippen LogP contribution in [-0.4, -0.2) is 11.7 Å². The summed E-state index contributed by atoms with van der Waals surface area (Å²) < 4.78 is 18.6. The minimum atomic E-state index is -0.263. The fourth-order valence-corrected chi connectivity index (χ4v) is 3.28. The lowest BCUT2D eigenvalue weighted by molar-refractivity contribution is 0.400. The first-order chi connectivity index (χ1) is 11.6. The van der Waals surface area contributed by atoms with Crippen LogP contribution in [0.5, 0.6) is 0 Å². The Labute approximate surface area is 140 Å². The Hall–Kier alpha value is -2.46. The maximum atomic E-state index is 13.2. The van der Waals surface area contributed by atoms with E-state index >= 15 is 0 Å². The SMILES string of the molecule is Cc1onc(-c2ccc(F)cc2)c1-c1cccc(C2(CN)CC2)c1. The van der Waals surface area contributed by atoms with Crippen LogP contribution in [0.25, 0.3) is 22.4 Å². The number of aromatic nitrogens is 1. The first kappa shape index (κ1) is 15.1. The smallest absolute Gasteiger partial charge is 0.142 e. The van der Waals surface area contributed by atoms with Crippen molar-refractivity contribution in [3.05, 3.63) is 65.7 Å². The van der Waals surface area contributed by atoms with Crippen LogP contribution in [0.1, 0.15) is 24.2 Å².